The fourth-order valence-corrected chi connectivity index (χ4v) is 12.4. The van der Waals surface area contributed by atoms with Gasteiger partial charge in [-0.25, -0.2) is 0 Å². The van der Waals surface area contributed by atoms with Crippen LogP contribution in [0.25, 0.3) is 0 Å². The SMILES string of the molecule is CC(C)(C)c1cc([Si](CCC(F)(F)C(F)(F)C(F)(F)C(F)(F)C(F)(F)C(F)(F)C(F)(F)C(F)(F)F)(CCC(F)(F)C(F)(F)C(F)(F)C(F)(F)C(F)(F)C(F)(F)C(F)(F)C(F)(F)F)CCC(F)(F)C(F)(F)C(F)(F)C(F)(F)C(F)(F)C(F)(F)C(F)(F)C(F)(F)F)ccc1O. The van der Waals surface area contributed by atoms with Crippen LogP contribution in [0.3, 0.4) is 0 Å². The summed E-state index contributed by atoms with van der Waals surface area (Å²) in [6.07, 6.45) is -39.2. The predicted octanol–water partition coefficient (Wildman–Crippen LogP) is 20.5. The van der Waals surface area contributed by atoms with Crippen molar-refractivity contribution >= 4 is 13.3 Å². The van der Waals surface area contributed by atoms with Crippen LogP contribution in [0.2, 0.25) is 18.1 Å². The van der Waals surface area contributed by atoms with Gasteiger partial charge < -0.3 is 5.11 Å². The molecular weight excluding hydrogens is 1490 g/mol. The number of hydrogen-bond acceptors (Lipinski definition) is 1. The van der Waals surface area contributed by atoms with E-state index in [1.165, 1.54) is 0 Å². The first-order valence-electron chi connectivity index (χ1n) is 22.5. The molecule has 1 N–H and O–H groups in total. The molecule has 1 aromatic carbocycles. The molecule has 0 aliphatic carbocycles. The molecule has 0 unspecified atom stereocenters. The lowest BCUT2D eigenvalue weighted by molar-refractivity contribution is -0.461. The molecule has 0 fully saturated rings. The number of hydrogen-bond donors (Lipinski definition) is 1. The van der Waals surface area contributed by atoms with Crippen molar-refractivity contribution in [2.75, 3.05) is 0 Å². The largest absolute Gasteiger partial charge is 0.508 e. The van der Waals surface area contributed by atoms with Gasteiger partial charge >= 0.3 is 143 Å². The van der Waals surface area contributed by atoms with Crippen LogP contribution in [-0.2, 0) is 5.41 Å². The molecule has 0 heterocycles. The summed E-state index contributed by atoms with van der Waals surface area (Å²) in [6.45, 7) is 1.58. The fourth-order valence-electron chi connectivity index (χ4n) is 7.52. The summed E-state index contributed by atoms with van der Waals surface area (Å²) in [5.74, 6) is -196. The maximum atomic E-state index is 15.6. The highest BCUT2D eigenvalue weighted by Gasteiger charge is 2.99. The summed E-state index contributed by atoms with van der Waals surface area (Å²) in [5, 5.41) is 7.90. The lowest BCUT2D eigenvalue weighted by atomic mass is 9.86. The van der Waals surface area contributed by atoms with Crippen molar-refractivity contribution < 1.29 is 229 Å². The normalized spacial score (nSPS) is 16.8. The molecule has 0 aliphatic rings. The summed E-state index contributed by atoms with van der Waals surface area (Å²) in [6, 6.07) is -13.2. The summed E-state index contributed by atoms with van der Waals surface area (Å²) >= 11 is 0. The monoisotopic (exact) mass is 1520 g/mol. The summed E-state index contributed by atoms with van der Waals surface area (Å²) in [4.78, 5) is 0. The Morgan fingerprint density at radius 3 is 0.570 bits per heavy atom. The van der Waals surface area contributed by atoms with Crippen LogP contribution in [0.15, 0.2) is 18.2 Å². The molecule has 53 heteroatoms. The van der Waals surface area contributed by atoms with E-state index in [1.54, 1.807) is 0 Å². The minimum Gasteiger partial charge on any atom is -0.508 e. The third-order valence-corrected chi connectivity index (χ3v) is 18.7. The number of rotatable bonds is 28. The molecule has 0 spiro atoms. The molecule has 0 aromatic heterocycles. The zero-order valence-corrected chi connectivity index (χ0v) is 44.2. The molecule has 0 bridgehead atoms. The van der Waals surface area contributed by atoms with Crippen molar-refractivity contribution in [2.45, 2.75) is 206 Å². The average Bonchev–Trinajstić information content (AvgIpc) is 0.708. The summed E-state index contributed by atoms with van der Waals surface area (Å²) in [7, 11) is -7.85. The van der Waals surface area contributed by atoms with Crippen molar-refractivity contribution in [3.8, 4) is 5.75 Å². The van der Waals surface area contributed by atoms with Crippen molar-refractivity contribution in [1.82, 2.24) is 0 Å². The van der Waals surface area contributed by atoms with Gasteiger partial charge in [-0.3, -0.25) is 0 Å². The van der Waals surface area contributed by atoms with E-state index in [0.717, 1.165) is 0 Å². The van der Waals surface area contributed by atoms with E-state index in [1.807, 2.05) is 0 Å². The van der Waals surface area contributed by atoms with Crippen LogP contribution in [-0.4, -0.2) is 156 Å². The highest BCUT2D eigenvalue weighted by Crippen LogP contribution is 2.69. The Kier molecular flexibility index (Phi) is 21.3. The molecule has 0 aliphatic heterocycles. The zero-order chi connectivity index (χ0) is 76.1. The van der Waals surface area contributed by atoms with Gasteiger partial charge in [0.2, 0.25) is 0 Å². The van der Waals surface area contributed by atoms with Gasteiger partial charge in [0.15, 0.2) is 0 Å². The Balaban J connectivity index is 4.92. The number of halogens is 51. The Labute approximate surface area is 478 Å². The van der Waals surface area contributed by atoms with Crippen LogP contribution >= 0.6 is 0 Å². The molecule has 93 heavy (non-hydrogen) atoms. The summed E-state index contributed by atoms with van der Waals surface area (Å²) < 4.78 is 723. The highest BCUT2D eigenvalue weighted by molar-refractivity contribution is 6.92. The van der Waals surface area contributed by atoms with Crippen molar-refractivity contribution in [3.63, 3.8) is 0 Å². The van der Waals surface area contributed by atoms with Gasteiger partial charge in [-0.15, -0.1) is 0 Å². The zero-order valence-electron chi connectivity index (χ0n) is 43.2. The second kappa shape index (κ2) is 22.9. The second-order valence-corrected chi connectivity index (χ2v) is 25.3. The van der Waals surface area contributed by atoms with Crippen molar-refractivity contribution in [3.05, 3.63) is 23.8 Å². The van der Waals surface area contributed by atoms with Gasteiger partial charge in [-0.2, -0.15) is 224 Å². The Morgan fingerprint density at radius 2 is 0.409 bits per heavy atom. The van der Waals surface area contributed by atoms with E-state index in [4.69, 9.17) is 0 Å². The summed E-state index contributed by atoms with van der Waals surface area (Å²) in [5.41, 5.74) is -3.80. The second-order valence-electron chi connectivity index (χ2n) is 20.7. The highest BCUT2D eigenvalue weighted by atomic mass is 28.3. The van der Waals surface area contributed by atoms with E-state index in [0.29, 0.717) is 20.8 Å². The lowest BCUT2D eigenvalue weighted by Crippen LogP contribution is -2.74. The third-order valence-electron chi connectivity index (χ3n) is 13.5. The lowest BCUT2D eigenvalue weighted by Gasteiger charge is -2.44. The van der Waals surface area contributed by atoms with Crippen LogP contribution in [0.1, 0.15) is 45.6 Å². The minimum absolute atomic E-state index is 0.418. The smallest absolute Gasteiger partial charge is 0.460 e. The first-order valence-corrected chi connectivity index (χ1v) is 25.1. The topological polar surface area (TPSA) is 20.2 Å². The molecule has 0 radical (unpaired) electrons. The molecule has 552 valence electrons. The van der Waals surface area contributed by atoms with E-state index in [-0.39, 0.29) is 0 Å². The van der Waals surface area contributed by atoms with Gasteiger partial charge in [0, 0.05) is 19.3 Å². The molecule has 1 nitrogen and oxygen atoms in total. The first kappa shape index (κ1) is 86.7. The number of aromatic hydroxyl groups is 1. The number of benzene rings is 1. The van der Waals surface area contributed by atoms with Gasteiger partial charge in [0.1, 0.15) is 5.75 Å². The van der Waals surface area contributed by atoms with Crippen LogP contribution in [0, 0.1) is 0 Å². The van der Waals surface area contributed by atoms with Gasteiger partial charge in [-0.1, -0.05) is 38.1 Å². The molecular formula is C40H25F51OSi. The Hall–Kier alpha value is -4.33. The Morgan fingerprint density at radius 1 is 0.247 bits per heavy atom. The molecule has 0 saturated heterocycles. The molecule has 0 amide bonds. The third kappa shape index (κ3) is 12.1. The number of phenols is 1. The quantitative estimate of drug-likeness (QED) is 0.0655. The minimum atomic E-state index is -9.72. The number of phenolic OH excluding ortho intramolecular Hbond substituents is 1. The maximum absolute atomic E-state index is 15.6. The van der Waals surface area contributed by atoms with Gasteiger partial charge in [-0.05, 0) is 35.2 Å². The van der Waals surface area contributed by atoms with Crippen molar-refractivity contribution in [2.24, 2.45) is 0 Å². The van der Waals surface area contributed by atoms with Gasteiger partial charge in [0.05, 0.1) is 8.07 Å². The van der Waals surface area contributed by atoms with Gasteiger partial charge in [0.25, 0.3) is 0 Å². The van der Waals surface area contributed by atoms with E-state index >= 15 is 52.7 Å². The Bertz CT molecular complexity index is 2540. The molecule has 0 saturated carbocycles. The first-order chi connectivity index (χ1) is 39.5. The average molecular weight is 1520 g/mol. The van der Waals surface area contributed by atoms with Crippen LogP contribution in [0.5, 0.6) is 5.75 Å². The molecule has 1 aromatic rings. The number of alkyl halides is 51. The predicted molar refractivity (Wildman–Crippen MR) is 203 cm³/mol. The van der Waals surface area contributed by atoms with E-state index in [9.17, 15) is 176 Å². The molecule has 0 atom stereocenters. The molecule has 1 rings (SSSR count). The van der Waals surface area contributed by atoms with E-state index in [2.05, 4.69) is 0 Å². The van der Waals surface area contributed by atoms with Crippen LogP contribution in [0.4, 0.5) is 224 Å². The van der Waals surface area contributed by atoms with Crippen molar-refractivity contribution in [1.29, 1.82) is 0 Å². The fraction of sp³-hybridized carbons (Fsp3) is 0.850. The van der Waals surface area contributed by atoms with E-state index < -0.39 is 228 Å². The maximum Gasteiger partial charge on any atom is 0.460 e. The standard InChI is InChI=1S/C40H25F51OSi/c1-16(2,3)14-12-13(4-5-15(14)92)93(9-6-17(41,42)20(47,48)23(53,54)26(59,60)29(65,66)32(71,72)35(77,78)38(83,84)85,10-7-18(43,44)21(49,50)24(55,56)27(61,62)30(67,68)33(73,74)36(79,80)39(86,87)88)11-8-19(45,46)22(51,52)25(57,58)28(63,64)31(69,70)34(75,76)37(81,82)40(89,90)91/h4-5,12,92H,6-11H2,1-3H3. The van der Waals surface area contributed by atoms with Crippen LogP contribution < -0.4 is 5.19 Å².